The first-order chi connectivity index (χ1) is 10.4. The number of piperidine rings is 1. The van der Waals surface area contributed by atoms with E-state index in [0.717, 1.165) is 18.4 Å². The lowest BCUT2D eigenvalue weighted by Gasteiger charge is -2.49. The fourth-order valence-electron chi connectivity index (χ4n) is 4.15. The van der Waals surface area contributed by atoms with Gasteiger partial charge < -0.3 is 5.11 Å². The second-order valence-corrected chi connectivity index (χ2v) is 6.68. The molecule has 2 fully saturated rings. The lowest BCUT2D eigenvalue weighted by molar-refractivity contribution is -0.311. The molecule has 1 saturated carbocycles. The lowest BCUT2D eigenvalue weighted by Crippen LogP contribution is -2.64. The highest BCUT2D eigenvalue weighted by molar-refractivity contribution is 5.15. The van der Waals surface area contributed by atoms with Crippen LogP contribution in [0.1, 0.15) is 31.2 Å². The molecule has 1 aliphatic carbocycles. The van der Waals surface area contributed by atoms with Gasteiger partial charge in [-0.2, -0.15) is 13.2 Å². The summed E-state index contributed by atoms with van der Waals surface area (Å²) in [7, 11) is 0. The Morgan fingerprint density at radius 1 is 1.05 bits per heavy atom. The van der Waals surface area contributed by atoms with Gasteiger partial charge in [-0.3, -0.25) is 4.90 Å². The summed E-state index contributed by atoms with van der Waals surface area (Å²) in [6, 6.07) is 9.81. The van der Waals surface area contributed by atoms with Crippen LogP contribution in [0.4, 0.5) is 13.2 Å². The maximum atomic E-state index is 13.5. The minimum atomic E-state index is -4.54. The molecule has 1 N–H and O–H groups in total. The number of fused-ring (bicyclic) bond motifs is 2. The number of nitrogens with zero attached hydrogens (tertiary/aromatic N) is 1. The van der Waals surface area contributed by atoms with Crippen LogP contribution in [-0.4, -0.2) is 34.9 Å². The number of hydrogen-bond donors (Lipinski definition) is 1. The monoisotopic (exact) mass is 313 g/mol. The predicted octanol–water partition coefficient (Wildman–Crippen LogP) is 3.60. The van der Waals surface area contributed by atoms with Crippen molar-refractivity contribution in [1.82, 2.24) is 4.90 Å². The average Bonchev–Trinajstić information content (AvgIpc) is 2.56. The van der Waals surface area contributed by atoms with Crippen LogP contribution in [0.3, 0.4) is 0 Å². The zero-order chi connectivity index (χ0) is 15.8. The van der Waals surface area contributed by atoms with Crippen molar-refractivity contribution in [3.63, 3.8) is 0 Å². The van der Waals surface area contributed by atoms with E-state index in [1.165, 1.54) is 0 Å². The normalized spacial score (nSPS) is 33.5. The molecule has 1 aromatic carbocycles. The third-order valence-corrected chi connectivity index (χ3v) is 5.26. The molecule has 1 aliphatic heterocycles. The van der Waals surface area contributed by atoms with Gasteiger partial charge in [0, 0.05) is 31.5 Å². The molecule has 2 atom stereocenters. The molecule has 122 valence electrons. The Hall–Kier alpha value is -1.07. The number of hydrogen-bond acceptors (Lipinski definition) is 2. The Balaban J connectivity index is 1.81. The van der Waals surface area contributed by atoms with E-state index >= 15 is 0 Å². The zero-order valence-electron chi connectivity index (χ0n) is 12.5. The molecule has 2 unspecified atom stereocenters. The van der Waals surface area contributed by atoms with E-state index < -0.39 is 23.6 Å². The van der Waals surface area contributed by atoms with Gasteiger partial charge in [0.2, 0.25) is 0 Å². The fourth-order valence-corrected chi connectivity index (χ4v) is 4.15. The summed E-state index contributed by atoms with van der Waals surface area (Å²) in [6.45, 7) is 1.30. The van der Waals surface area contributed by atoms with Gasteiger partial charge in [0.25, 0.3) is 0 Å². The number of rotatable bonds is 2. The van der Waals surface area contributed by atoms with Crippen LogP contribution in [0.25, 0.3) is 0 Å². The van der Waals surface area contributed by atoms with E-state index in [-0.39, 0.29) is 0 Å². The first-order valence-electron chi connectivity index (χ1n) is 7.96. The highest BCUT2D eigenvalue weighted by Gasteiger charge is 2.64. The number of likely N-dealkylation sites (tertiary alicyclic amines) is 1. The van der Waals surface area contributed by atoms with E-state index in [1.54, 1.807) is 0 Å². The Kier molecular flexibility index (Phi) is 4.21. The molecule has 0 radical (unpaired) electrons. The van der Waals surface area contributed by atoms with Gasteiger partial charge in [-0.1, -0.05) is 43.2 Å². The van der Waals surface area contributed by atoms with E-state index in [2.05, 4.69) is 4.90 Å². The highest BCUT2D eigenvalue weighted by Crippen LogP contribution is 2.50. The van der Waals surface area contributed by atoms with E-state index in [1.807, 2.05) is 30.3 Å². The molecule has 5 heteroatoms. The summed E-state index contributed by atoms with van der Waals surface area (Å²) in [4.78, 5) is 2.08. The maximum Gasteiger partial charge on any atom is 0.417 e. The van der Waals surface area contributed by atoms with Gasteiger partial charge >= 0.3 is 6.18 Å². The van der Waals surface area contributed by atoms with Crippen molar-refractivity contribution in [1.29, 1.82) is 0 Å². The van der Waals surface area contributed by atoms with Crippen LogP contribution in [0.5, 0.6) is 0 Å². The quantitative estimate of drug-likeness (QED) is 0.902. The second-order valence-electron chi connectivity index (χ2n) is 6.68. The highest BCUT2D eigenvalue weighted by atomic mass is 19.4. The van der Waals surface area contributed by atoms with Crippen molar-refractivity contribution in [2.24, 2.45) is 11.8 Å². The Bertz CT molecular complexity index is 486. The van der Waals surface area contributed by atoms with Crippen LogP contribution in [-0.2, 0) is 6.54 Å². The smallest absolute Gasteiger partial charge is 0.380 e. The van der Waals surface area contributed by atoms with Crippen molar-refractivity contribution in [2.75, 3.05) is 13.1 Å². The molecule has 1 saturated heterocycles. The molecular weight excluding hydrogens is 291 g/mol. The molecule has 0 aromatic heterocycles. The Morgan fingerprint density at radius 2 is 1.59 bits per heavy atom. The largest absolute Gasteiger partial charge is 0.417 e. The summed E-state index contributed by atoms with van der Waals surface area (Å²) >= 11 is 0. The van der Waals surface area contributed by atoms with Gasteiger partial charge in [0.1, 0.15) is 0 Å². The topological polar surface area (TPSA) is 23.5 Å². The third-order valence-electron chi connectivity index (χ3n) is 5.26. The van der Waals surface area contributed by atoms with Gasteiger partial charge in [0.05, 0.1) is 0 Å². The Morgan fingerprint density at radius 3 is 2.09 bits per heavy atom. The number of halogens is 3. The number of alkyl halides is 3. The minimum absolute atomic E-state index is 0.321. The van der Waals surface area contributed by atoms with Gasteiger partial charge in [-0.05, 0) is 18.4 Å². The average molecular weight is 313 g/mol. The summed E-state index contributed by atoms with van der Waals surface area (Å²) in [6.07, 6.45) is -2.07. The van der Waals surface area contributed by atoms with Crippen molar-refractivity contribution in [3.8, 4) is 0 Å². The minimum Gasteiger partial charge on any atom is -0.380 e. The first-order valence-corrected chi connectivity index (χ1v) is 7.96. The summed E-state index contributed by atoms with van der Waals surface area (Å²) in [5.74, 6) is -1.42. The van der Waals surface area contributed by atoms with E-state index in [4.69, 9.17) is 0 Å². The molecule has 2 aliphatic rings. The second kappa shape index (κ2) is 5.85. The molecule has 2 bridgehead atoms. The van der Waals surface area contributed by atoms with E-state index in [0.29, 0.717) is 32.5 Å². The van der Waals surface area contributed by atoms with E-state index in [9.17, 15) is 18.3 Å². The standard InChI is InChI=1S/C17H22F3NO/c18-17(19,20)16(22)14-8-4-5-9-15(16)12-21(11-14)10-13-6-2-1-3-7-13/h1-3,6-7,14-15,22H,4-5,8-12H2. The van der Waals surface area contributed by atoms with Gasteiger partial charge in [0.15, 0.2) is 5.60 Å². The van der Waals surface area contributed by atoms with Crippen LogP contribution < -0.4 is 0 Å². The van der Waals surface area contributed by atoms with Crippen molar-refractivity contribution >= 4 is 0 Å². The molecule has 22 heavy (non-hydrogen) atoms. The number of aliphatic hydroxyl groups is 1. The lowest BCUT2D eigenvalue weighted by atomic mass is 9.72. The molecule has 1 heterocycles. The van der Waals surface area contributed by atoms with Crippen molar-refractivity contribution in [2.45, 2.75) is 44.0 Å². The van der Waals surface area contributed by atoms with Crippen molar-refractivity contribution < 1.29 is 18.3 Å². The van der Waals surface area contributed by atoms with Gasteiger partial charge in [-0.25, -0.2) is 0 Å². The SMILES string of the molecule is OC1(C(F)(F)F)C2CCCCC1CN(Cc1ccccc1)C2. The molecule has 2 nitrogen and oxygen atoms in total. The molecule has 0 amide bonds. The van der Waals surface area contributed by atoms with Crippen LogP contribution >= 0.6 is 0 Å². The van der Waals surface area contributed by atoms with Crippen LogP contribution in [0.2, 0.25) is 0 Å². The summed E-state index contributed by atoms with van der Waals surface area (Å²) < 4.78 is 40.5. The van der Waals surface area contributed by atoms with Crippen LogP contribution in [0, 0.1) is 11.8 Å². The summed E-state index contributed by atoms with van der Waals surface area (Å²) in [5.41, 5.74) is -1.40. The zero-order valence-corrected chi connectivity index (χ0v) is 12.5. The van der Waals surface area contributed by atoms with Crippen LogP contribution in [0.15, 0.2) is 30.3 Å². The van der Waals surface area contributed by atoms with Crippen molar-refractivity contribution in [3.05, 3.63) is 35.9 Å². The Labute approximate surface area is 128 Å². The first kappa shape index (κ1) is 15.8. The molecule has 1 aromatic rings. The molecular formula is C17H22F3NO. The third kappa shape index (κ3) is 2.76. The number of benzene rings is 1. The van der Waals surface area contributed by atoms with Gasteiger partial charge in [-0.15, -0.1) is 0 Å². The predicted molar refractivity (Wildman–Crippen MR) is 78.2 cm³/mol. The summed E-state index contributed by atoms with van der Waals surface area (Å²) in [5, 5.41) is 10.5. The fraction of sp³-hybridized carbons (Fsp3) is 0.647. The molecule has 0 spiro atoms. The maximum absolute atomic E-state index is 13.5. The molecule has 3 rings (SSSR count).